The van der Waals surface area contributed by atoms with Crippen molar-refractivity contribution in [1.29, 1.82) is 0 Å². The Hall–Kier alpha value is -1.57. The average Bonchev–Trinajstić information content (AvgIpc) is 2.45. The summed E-state index contributed by atoms with van der Waals surface area (Å²) in [6, 6.07) is 5.10. The molecule has 0 spiro atoms. The molecular formula is C13H21ClN4O3. The predicted molar refractivity (Wildman–Crippen MR) is 85.6 cm³/mol. The number of nitrogens with one attached hydrogen (secondary N) is 1. The van der Waals surface area contributed by atoms with Gasteiger partial charge in [-0.1, -0.05) is 0 Å². The number of halogens is 1. The summed E-state index contributed by atoms with van der Waals surface area (Å²) >= 11 is 0. The summed E-state index contributed by atoms with van der Waals surface area (Å²) in [5.74, 6) is 0. The number of nitro groups is 1. The van der Waals surface area contributed by atoms with Gasteiger partial charge in [-0.15, -0.1) is 12.4 Å². The highest BCUT2D eigenvalue weighted by molar-refractivity contribution is 5.85. The lowest BCUT2D eigenvalue weighted by atomic mass is 10.2. The number of nitrogens with zero attached hydrogens (tertiary/aromatic N) is 3. The molecule has 0 bridgehead atoms. The lowest BCUT2D eigenvalue weighted by Crippen LogP contribution is -2.44. The molecule has 2 rings (SSSR count). The van der Waals surface area contributed by atoms with E-state index >= 15 is 0 Å². The molecule has 1 aliphatic rings. The SMILES string of the molecule is CN1CCN(c2ccc([N+](=O)[O-])c(NCCO)c2)CC1.Cl. The number of aliphatic hydroxyl groups is 1. The van der Waals surface area contributed by atoms with Crippen molar-refractivity contribution in [3.05, 3.63) is 28.3 Å². The zero-order chi connectivity index (χ0) is 14.5. The number of piperazine rings is 1. The van der Waals surface area contributed by atoms with Gasteiger partial charge in [0, 0.05) is 44.5 Å². The first kappa shape index (κ1) is 17.5. The molecule has 0 saturated carbocycles. The Bertz CT molecular complexity index is 478. The van der Waals surface area contributed by atoms with Crippen LogP contribution in [0.5, 0.6) is 0 Å². The van der Waals surface area contributed by atoms with E-state index in [9.17, 15) is 10.1 Å². The number of rotatable bonds is 5. The smallest absolute Gasteiger partial charge is 0.292 e. The van der Waals surface area contributed by atoms with Crippen molar-refractivity contribution in [2.45, 2.75) is 0 Å². The van der Waals surface area contributed by atoms with E-state index in [-0.39, 0.29) is 24.7 Å². The molecule has 8 heteroatoms. The Morgan fingerprint density at radius 2 is 2.00 bits per heavy atom. The standard InChI is InChI=1S/C13H20N4O3.ClH/c1-15-5-7-16(8-6-15)11-2-3-13(17(19)20)12(10-11)14-4-9-18;/h2-3,10,14,18H,4-9H2,1H3;1H. The third-order valence-corrected chi connectivity index (χ3v) is 3.47. The van der Waals surface area contributed by atoms with Gasteiger partial charge in [0.05, 0.1) is 11.5 Å². The molecule has 0 amide bonds. The molecule has 0 atom stereocenters. The number of aliphatic hydroxyl groups excluding tert-OH is 1. The van der Waals surface area contributed by atoms with Crippen LogP contribution in [0.4, 0.5) is 17.1 Å². The Labute approximate surface area is 130 Å². The summed E-state index contributed by atoms with van der Waals surface area (Å²) in [5, 5.41) is 22.8. The summed E-state index contributed by atoms with van der Waals surface area (Å²) < 4.78 is 0. The van der Waals surface area contributed by atoms with Gasteiger partial charge in [-0.25, -0.2) is 0 Å². The Morgan fingerprint density at radius 3 is 2.57 bits per heavy atom. The second-order valence-electron chi connectivity index (χ2n) is 4.90. The van der Waals surface area contributed by atoms with Crippen molar-refractivity contribution in [2.75, 3.05) is 56.6 Å². The van der Waals surface area contributed by atoms with Crippen LogP contribution in [0.2, 0.25) is 0 Å². The van der Waals surface area contributed by atoms with E-state index in [0.717, 1.165) is 31.9 Å². The summed E-state index contributed by atoms with van der Waals surface area (Å²) in [7, 11) is 2.08. The number of likely N-dealkylation sites (N-methyl/N-ethyl adjacent to an activating group) is 1. The fraction of sp³-hybridized carbons (Fsp3) is 0.538. The Kier molecular flexibility index (Phi) is 6.67. The predicted octanol–water partition coefficient (Wildman–Crippen LogP) is 1.17. The molecule has 1 aromatic rings. The maximum absolute atomic E-state index is 11.0. The topological polar surface area (TPSA) is 81.9 Å². The van der Waals surface area contributed by atoms with Crippen LogP contribution in [-0.2, 0) is 0 Å². The van der Waals surface area contributed by atoms with Gasteiger partial charge in [0.2, 0.25) is 0 Å². The number of benzene rings is 1. The molecule has 0 radical (unpaired) electrons. The van der Waals surface area contributed by atoms with Crippen molar-refractivity contribution < 1.29 is 10.0 Å². The average molecular weight is 317 g/mol. The van der Waals surface area contributed by atoms with E-state index in [1.807, 2.05) is 0 Å². The number of nitro benzene ring substituents is 1. The molecule has 21 heavy (non-hydrogen) atoms. The van der Waals surface area contributed by atoms with Crippen LogP contribution in [0.25, 0.3) is 0 Å². The molecule has 1 heterocycles. The van der Waals surface area contributed by atoms with Gasteiger partial charge in [0.15, 0.2) is 0 Å². The molecule has 0 aliphatic carbocycles. The Balaban J connectivity index is 0.00000220. The minimum absolute atomic E-state index is 0. The quantitative estimate of drug-likeness (QED) is 0.627. The van der Waals surface area contributed by atoms with E-state index in [4.69, 9.17) is 5.11 Å². The van der Waals surface area contributed by atoms with Crippen molar-refractivity contribution >= 4 is 29.5 Å². The van der Waals surface area contributed by atoms with Crippen molar-refractivity contribution in [1.82, 2.24) is 4.90 Å². The number of hydrogen-bond acceptors (Lipinski definition) is 6. The minimum Gasteiger partial charge on any atom is -0.395 e. The van der Waals surface area contributed by atoms with E-state index < -0.39 is 4.92 Å². The van der Waals surface area contributed by atoms with Crippen LogP contribution in [0.3, 0.4) is 0 Å². The molecule has 118 valence electrons. The lowest BCUT2D eigenvalue weighted by Gasteiger charge is -2.34. The van der Waals surface area contributed by atoms with E-state index in [0.29, 0.717) is 12.2 Å². The highest BCUT2D eigenvalue weighted by Crippen LogP contribution is 2.29. The van der Waals surface area contributed by atoms with E-state index in [2.05, 4.69) is 22.2 Å². The maximum Gasteiger partial charge on any atom is 0.292 e. The monoisotopic (exact) mass is 316 g/mol. The highest BCUT2D eigenvalue weighted by Gasteiger charge is 2.18. The lowest BCUT2D eigenvalue weighted by molar-refractivity contribution is -0.383. The van der Waals surface area contributed by atoms with Crippen LogP contribution < -0.4 is 10.2 Å². The van der Waals surface area contributed by atoms with Gasteiger partial charge in [-0.2, -0.15) is 0 Å². The normalized spacial score (nSPS) is 15.4. The second kappa shape index (κ2) is 8.02. The summed E-state index contributed by atoms with van der Waals surface area (Å²) in [6.07, 6.45) is 0. The van der Waals surface area contributed by atoms with Gasteiger partial charge < -0.3 is 20.2 Å². The Morgan fingerprint density at radius 1 is 1.33 bits per heavy atom. The molecule has 1 aromatic carbocycles. The summed E-state index contributed by atoms with van der Waals surface area (Å²) in [5.41, 5.74) is 1.47. The third kappa shape index (κ3) is 4.45. The third-order valence-electron chi connectivity index (χ3n) is 3.47. The summed E-state index contributed by atoms with van der Waals surface area (Å²) in [4.78, 5) is 15.1. The molecular weight excluding hydrogens is 296 g/mol. The second-order valence-corrected chi connectivity index (χ2v) is 4.90. The zero-order valence-electron chi connectivity index (χ0n) is 12.0. The van der Waals surface area contributed by atoms with Gasteiger partial charge in [-0.05, 0) is 19.2 Å². The van der Waals surface area contributed by atoms with E-state index in [1.165, 1.54) is 6.07 Å². The minimum atomic E-state index is -0.409. The van der Waals surface area contributed by atoms with Gasteiger partial charge in [0.25, 0.3) is 5.69 Å². The van der Waals surface area contributed by atoms with Gasteiger partial charge >= 0.3 is 0 Å². The van der Waals surface area contributed by atoms with Crippen molar-refractivity contribution in [3.63, 3.8) is 0 Å². The first-order valence-electron chi connectivity index (χ1n) is 6.68. The van der Waals surface area contributed by atoms with Crippen LogP contribution in [0.1, 0.15) is 0 Å². The van der Waals surface area contributed by atoms with Crippen LogP contribution in [0.15, 0.2) is 18.2 Å². The molecule has 7 nitrogen and oxygen atoms in total. The molecule has 1 fully saturated rings. The summed E-state index contributed by atoms with van der Waals surface area (Å²) in [6.45, 7) is 4.03. The van der Waals surface area contributed by atoms with E-state index in [1.54, 1.807) is 12.1 Å². The first-order chi connectivity index (χ1) is 9.61. The van der Waals surface area contributed by atoms with Crippen LogP contribution in [-0.4, -0.2) is 61.3 Å². The van der Waals surface area contributed by atoms with Gasteiger partial charge in [0.1, 0.15) is 5.69 Å². The molecule has 1 saturated heterocycles. The fourth-order valence-corrected chi connectivity index (χ4v) is 2.28. The fourth-order valence-electron chi connectivity index (χ4n) is 2.28. The van der Waals surface area contributed by atoms with Crippen LogP contribution >= 0.6 is 12.4 Å². The number of anilines is 2. The van der Waals surface area contributed by atoms with Gasteiger partial charge in [-0.3, -0.25) is 10.1 Å². The molecule has 0 unspecified atom stereocenters. The van der Waals surface area contributed by atoms with Crippen LogP contribution in [0, 0.1) is 10.1 Å². The first-order valence-corrected chi connectivity index (χ1v) is 6.68. The molecule has 0 aromatic heterocycles. The maximum atomic E-state index is 11.0. The van der Waals surface area contributed by atoms with Crippen molar-refractivity contribution in [2.24, 2.45) is 0 Å². The molecule has 1 aliphatic heterocycles. The van der Waals surface area contributed by atoms with Crippen molar-refractivity contribution in [3.8, 4) is 0 Å². The largest absolute Gasteiger partial charge is 0.395 e. The highest BCUT2D eigenvalue weighted by atomic mass is 35.5. The number of hydrogen-bond donors (Lipinski definition) is 2. The zero-order valence-corrected chi connectivity index (χ0v) is 12.8. The molecule has 2 N–H and O–H groups in total.